The molecule has 0 fully saturated rings. The lowest BCUT2D eigenvalue weighted by Gasteiger charge is -2.13. The summed E-state index contributed by atoms with van der Waals surface area (Å²) in [4.78, 5) is 30.4. The number of benzene rings is 2. The van der Waals surface area contributed by atoms with Gasteiger partial charge in [-0.1, -0.05) is 28.1 Å². The number of para-hydroxylation sites is 2. The summed E-state index contributed by atoms with van der Waals surface area (Å²) >= 11 is 3.13. The molecular weight excluding hydrogens is 403 g/mol. The smallest absolute Gasteiger partial charge is 0.319 e. The van der Waals surface area contributed by atoms with Gasteiger partial charge in [-0.2, -0.15) is 13.2 Å². The summed E-state index contributed by atoms with van der Waals surface area (Å²) in [7, 11) is 0. The highest BCUT2D eigenvalue weighted by molar-refractivity contribution is 9.10. The highest BCUT2D eigenvalue weighted by atomic mass is 79.9. The normalized spacial score (nSPS) is 11.5. The molecule has 1 heterocycles. The Kier molecular flexibility index (Phi) is 4.34. The van der Waals surface area contributed by atoms with Gasteiger partial charge in [0.15, 0.2) is 0 Å². The van der Waals surface area contributed by atoms with Crippen molar-refractivity contribution in [1.82, 2.24) is 9.97 Å². The zero-order valence-electron chi connectivity index (χ0n) is 12.3. The molecule has 3 rings (SSSR count). The van der Waals surface area contributed by atoms with Gasteiger partial charge >= 0.3 is 12.1 Å². The monoisotopic (exact) mass is 411 g/mol. The molecule has 1 aromatic heterocycles. The second kappa shape index (κ2) is 6.32. The lowest BCUT2D eigenvalue weighted by atomic mass is 10.1. The van der Waals surface area contributed by atoms with Crippen molar-refractivity contribution in [1.29, 1.82) is 0 Å². The Morgan fingerprint density at radius 1 is 1.16 bits per heavy atom. The summed E-state index contributed by atoms with van der Waals surface area (Å²) in [6, 6.07) is 11.0. The molecule has 0 radical (unpaired) electrons. The lowest BCUT2D eigenvalue weighted by molar-refractivity contribution is -0.167. The van der Waals surface area contributed by atoms with E-state index in [2.05, 4.69) is 25.9 Å². The Hall–Kier alpha value is -2.68. The molecule has 3 aromatic rings. The number of fused-ring (bicyclic) bond motifs is 1. The molecule has 0 spiro atoms. The number of halogens is 4. The maximum Gasteiger partial charge on any atom is 0.471 e. The van der Waals surface area contributed by atoms with E-state index in [9.17, 15) is 22.8 Å². The van der Waals surface area contributed by atoms with E-state index in [1.54, 1.807) is 29.6 Å². The predicted octanol–water partition coefficient (Wildman–Crippen LogP) is 3.85. The summed E-state index contributed by atoms with van der Waals surface area (Å²) in [5.74, 6) is -2.14. The number of hydrogen-bond acceptors (Lipinski definition) is 3. The van der Waals surface area contributed by atoms with Crippen LogP contribution in [0.1, 0.15) is 0 Å². The number of aromatic amines is 1. The van der Waals surface area contributed by atoms with Crippen molar-refractivity contribution in [3.63, 3.8) is 0 Å². The highest BCUT2D eigenvalue weighted by Gasteiger charge is 2.39. The van der Waals surface area contributed by atoms with Gasteiger partial charge < -0.3 is 10.3 Å². The van der Waals surface area contributed by atoms with Gasteiger partial charge in [-0.3, -0.25) is 9.59 Å². The van der Waals surface area contributed by atoms with Crippen LogP contribution in [0.4, 0.5) is 18.9 Å². The topological polar surface area (TPSA) is 74.8 Å². The fraction of sp³-hybridized carbons (Fsp3) is 0.0625. The van der Waals surface area contributed by atoms with Crippen LogP contribution in [0, 0.1) is 0 Å². The van der Waals surface area contributed by atoms with Gasteiger partial charge in [-0.25, -0.2) is 4.98 Å². The van der Waals surface area contributed by atoms with Crippen LogP contribution in [0.5, 0.6) is 0 Å². The van der Waals surface area contributed by atoms with Gasteiger partial charge in [-0.15, -0.1) is 0 Å². The molecule has 0 aliphatic heterocycles. The second-order valence-corrected chi connectivity index (χ2v) is 5.99. The Morgan fingerprint density at radius 2 is 1.88 bits per heavy atom. The first-order valence-electron chi connectivity index (χ1n) is 6.93. The molecule has 9 heteroatoms. The minimum absolute atomic E-state index is 0.0767. The molecule has 0 saturated heterocycles. The molecule has 0 bridgehead atoms. The molecule has 128 valence electrons. The average molecular weight is 412 g/mol. The van der Waals surface area contributed by atoms with Gasteiger partial charge in [-0.05, 0) is 30.3 Å². The van der Waals surface area contributed by atoms with Crippen LogP contribution in [-0.4, -0.2) is 22.1 Å². The Morgan fingerprint density at radius 3 is 2.60 bits per heavy atom. The molecule has 1 amide bonds. The van der Waals surface area contributed by atoms with E-state index in [0.717, 1.165) is 0 Å². The quantitative estimate of drug-likeness (QED) is 0.672. The van der Waals surface area contributed by atoms with Crippen LogP contribution >= 0.6 is 15.9 Å². The third kappa shape index (κ3) is 3.55. The summed E-state index contributed by atoms with van der Waals surface area (Å²) < 4.78 is 38.1. The minimum Gasteiger partial charge on any atom is -0.319 e. The van der Waals surface area contributed by atoms with E-state index < -0.39 is 17.6 Å². The van der Waals surface area contributed by atoms with Gasteiger partial charge in [0, 0.05) is 10.0 Å². The Balaban J connectivity index is 2.16. The predicted molar refractivity (Wildman–Crippen MR) is 90.2 cm³/mol. The standard InChI is InChI=1S/C16H9BrF3N3O2/c17-8-5-6-9(12(7-8)23-15(25)16(18,19)20)13-14(24)22-11-4-2-1-3-10(11)21-13/h1-7H,(H,22,24)(H,23,25). The number of H-pyrrole nitrogens is 1. The molecule has 0 aliphatic carbocycles. The van der Waals surface area contributed by atoms with Crippen molar-refractivity contribution in [3.05, 3.63) is 57.3 Å². The summed E-state index contributed by atoms with van der Waals surface area (Å²) in [6.45, 7) is 0. The number of nitrogens with zero attached hydrogens (tertiary/aromatic N) is 1. The van der Waals surface area contributed by atoms with Crippen LogP contribution in [-0.2, 0) is 4.79 Å². The van der Waals surface area contributed by atoms with E-state index >= 15 is 0 Å². The third-order valence-corrected chi connectivity index (χ3v) is 3.84. The number of rotatable bonds is 2. The van der Waals surface area contributed by atoms with E-state index in [1.165, 1.54) is 18.2 Å². The fourth-order valence-corrected chi connectivity index (χ4v) is 2.59. The zero-order chi connectivity index (χ0) is 18.2. The van der Waals surface area contributed by atoms with Gasteiger partial charge in [0.05, 0.1) is 16.7 Å². The van der Waals surface area contributed by atoms with Crippen LogP contribution in [0.15, 0.2) is 51.7 Å². The van der Waals surface area contributed by atoms with Crippen molar-refractivity contribution in [3.8, 4) is 11.3 Å². The molecule has 2 N–H and O–H groups in total. The van der Waals surface area contributed by atoms with Crippen molar-refractivity contribution in [2.75, 3.05) is 5.32 Å². The molecular formula is C16H9BrF3N3O2. The summed E-state index contributed by atoms with van der Waals surface area (Å²) in [5.41, 5.74) is 0.187. The third-order valence-electron chi connectivity index (χ3n) is 3.34. The number of aromatic nitrogens is 2. The molecule has 0 atom stereocenters. The number of anilines is 1. The number of alkyl halides is 3. The van der Waals surface area contributed by atoms with Gasteiger partial charge in [0.1, 0.15) is 5.69 Å². The highest BCUT2D eigenvalue weighted by Crippen LogP contribution is 2.30. The number of carbonyl (C=O) groups excluding carboxylic acids is 1. The van der Waals surface area contributed by atoms with Crippen molar-refractivity contribution >= 4 is 38.6 Å². The molecule has 0 unspecified atom stereocenters. The SMILES string of the molecule is O=C(Nc1cc(Br)ccc1-c1nc2ccccc2[nH]c1=O)C(F)(F)F. The Labute approximate surface area is 147 Å². The van der Waals surface area contributed by atoms with Crippen LogP contribution in [0.2, 0.25) is 0 Å². The first-order chi connectivity index (χ1) is 11.8. The Bertz CT molecular complexity index is 1030. The van der Waals surface area contributed by atoms with E-state index in [1.807, 2.05) is 0 Å². The first kappa shape index (κ1) is 17.2. The molecule has 0 saturated carbocycles. The second-order valence-electron chi connectivity index (χ2n) is 5.07. The first-order valence-corrected chi connectivity index (χ1v) is 7.72. The number of nitrogens with one attached hydrogen (secondary N) is 2. The number of carbonyl (C=O) groups is 1. The fourth-order valence-electron chi connectivity index (χ4n) is 2.23. The minimum atomic E-state index is -5.05. The van der Waals surface area contributed by atoms with Gasteiger partial charge in [0.2, 0.25) is 0 Å². The summed E-state index contributed by atoms with van der Waals surface area (Å²) in [6.07, 6.45) is -5.05. The van der Waals surface area contributed by atoms with E-state index in [-0.39, 0.29) is 16.9 Å². The number of amides is 1. The van der Waals surface area contributed by atoms with Crippen LogP contribution < -0.4 is 10.9 Å². The molecule has 25 heavy (non-hydrogen) atoms. The molecule has 0 aliphatic rings. The molecule has 2 aromatic carbocycles. The van der Waals surface area contributed by atoms with Crippen molar-refractivity contribution < 1.29 is 18.0 Å². The van der Waals surface area contributed by atoms with Crippen molar-refractivity contribution in [2.45, 2.75) is 6.18 Å². The van der Waals surface area contributed by atoms with Crippen LogP contribution in [0.25, 0.3) is 22.3 Å². The van der Waals surface area contributed by atoms with Gasteiger partial charge in [0.25, 0.3) is 5.56 Å². The van der Waals surface area contributed by atoms with E-state index in [4.69, 9.17) is 0 Å². The molecule has 5 nitrogen and oxygen atoms in total. The van der Waals surface area contributed by atoms with Crippen molar-refractivity contribution in [2.24, 2.45) is 0 Å². The maximum absolute atomic E-state index is 12.5. The number of hydrogen-bond donors (Lipinski definition) is 2. The lowest BCUT2D eigenvalue weighted by Crippen LogP contribution is -2.30. The maximum atomic E-state index is 12.5. The zero-order valence-corrected chi connectivity index (χ0v) is 13.9. The largest absolute Gasteiger partial charge is 0.471 e. The van der Waals surface area contributed by atoms with E-state index in [0.29, 0.717) is 15.5 Å². The van der Waals surface area contributed by atoms with Crippen LogP contribution in [0.3, 0.4) is 0 Å². The summed E-state index contributed by atoms with van der Waals surface area (Å²) in [5, 5.41) is 1.78. The average Bonchev–Trinajstić information content (AvgIpc) is 2.54.